The molecule has 0 fully saturated rings. The monoisotopic (exact) mass is 427 g/mol. The van der Waals surface area contributed by atoms with Gasteiger partial charge in [0.1, 0.15) is 5.76 Å². The molecule has 158 valence electrons. The van der Waals surface area contributed by atoms with Crippen LogP contribution in [0.5, 0.6) is 0 Å². The Hall–Kier alpha value is -3.10. The Bertz CT molecular complexity index is 1090. The SMILES string of the molecule is Cc1ccc(NS(=O)(=O)c2cccc(C(=O)NC[C@@H](c3ccco3)N(C)C)c2)cc1. The van der Waals surface area contributed by atoms with Crippen molar-refractivity contribution in [3.8, 4) is 0 Å². The molecule has 1 amide bonds. The molecule has 3 rings (SSSR count). The number of amides is 1. The minimum atomic E-state index is -3.82. The maximum Gasteiger partial charge on any atom is 0.261 e. The summed E-state index contributed by atoms with van der Waals surface area (Å²) in [6.07, 6.45) is 1.59. The van der Waals surface area contributed by atoms with Crippen LogP contribution in [0.3, 0.4) is 0 Å². The van der Waals surface area contributed by atoms with Gasteiger partial charge in [0.2, 0.25) is 0 Å². The molecule has 2 N–H and O–H groups in total. The number of nitrogens with one attached hydrogen (secondary N) is 2. The molecule has 2 aromatic carbocycles. The van der Waals surface area contributed by atoms with Gasteiger partial charge in [-0.25, -0.2) is 8.42 Å². The van der Waals surface area contributed by atoms with Gasteiger partial charge in [0.05, 0.1) is 17.2 Å². The van der Waals surface area contributed by atoms with Gasteiger partial charge >= 0.3 is 0 Å². The van der Waals surface area contributed by atoms with Crippen molar-refractivity contribution in [2.24, 2.45) is 0 Å². The van der Waals surface area contributed by atoms with Crippen LogP contribution in [0.2, 0.25) is 0 Å². The third-order valence-electron chi connectivity index (χ3n) is 4.66. The molecular formula is C22H25N3O4S. The van der Waals surface area contributed by atoms with Gasteiger partial charge in [-0.05, 0) is 63.5 Å². The van der Waals surface area contributed by atoms with Gasteiger partial charge in [-0.1, -0.05) is 23.8 Å². The predicted octanol–water partition coefficient (Wildman–Crippen LogP) is 3.42. The van der Waals surface area contributed by atoms with Crippen molar-refractivity contribution in [1.29, 1.82) is 0 Å². The van der Waals surface area contributed by atoms with Crippen molar-refractivity contribution >= 4 is 21.6 Å². The van der Waals surface area contributed by atoms with Gasteiger partial charge in [-0.15, -0.1) is 0 Å². The summed E-state index contributed by atoms with van der Waals surface area (Å²) in [4.78, 5) is 14.6. The maximum absolute atomic E-state index is 12.7. The van der Waals surface area contributed by atoms with Crippen LogP contribution in [0.4, 0.5) is 5.69 Å². The molecule has 1 atom stereocenters. The highest BCUT2D eigenvalue weighted by Gasteiger charge is 2.20. The van der Waals surface area contributed by atoms with E-state index < -0.39 is 10.0 Å². The second kappa shape index (κ2) is 9.15. The Morgan fingerprint density at radius 1 is 1.07 bits per heavy atom. The highest BCUT2D eigenvalue weighted by atomic mass is 32.2. The van der Waals surface area contributed by atoms with Gasteiger partial charge in [0.15, 0.2) is 0 Å². The minimum Gasteiger partial charge on any atom is -0.468 e. The van der Waals surface area contributed by atoms with Crippen molar-refractivity contribution in [3.05, 3.63) is 83.8 Å². The highest BCUT2D eigenvalue weighted by Crippen LogP contribution is 2.19. The molecule has 0 radical (unpaired) electrons. The first-order valence-electron chi connectivity index (χ1n) is 9.44. The number of benzene rings is 2. The first-order chi connectivity index (χ1) is 14.3. The standard InChI is InChI=1S/C22H25N3O4S/c1-16-9-11-18(12-10-16)24-30(27,28)19-7-4-6-17(14-19)22(26)23-15-20(25(2)3)21-8-5-13-29-21/h4-14,20,24H,15H2,1-3H3,(H,23,26)/t20-/m0/s1. The Morgan fingerprint density at radius 3 is 2.43 bits per heavy atom. The van der Waals surface area contributed by atoms with Crippen molar-refractivity contribution in [2.45, 2.75) is 17.9 Å². The zero-order chi connectivity index (χ0) is 21.7. The van der Waals surface area contributed by atoms with Crippen LogP contribution < -0.4 is 10.0 Å². The van der Waals surface area contributed by atoms with E-state index in [1.165, 1.54) is 12.1 Å². The molecule has 1 aromatic heterocycles. The average Bonchev–Trinajstić information content (AvgIpc) is 3.24. The number of hydrogen-bond acceptors (Lipinski definition) is 5. The lowest BCUT2D eigenvalue weighted by molar-refractivity contribution is 0.0939. The number of hydrogen-bond donors (Lipinski definition) is 2. The van der Waals surface area contributed by atoms with E-state index in [-0.39, 0.29) is 22.4 Å². The number of carbonyl (C=O) groups excluding carboxylic acids is 1. The van der Waals surface area contributed by atoms with Gasteiger partial charge < -0.3 is 9.73 Å². The summed E-state index contributed by atoms with van der Waals surface area (Å²) in [5.41, 5.74) is 1.75. The molecule has 1 heterocycles. The molecule has 0 unspecified atom stereocenters. The van der Waals surface area contributed by atoms with E-state index in [4.69, 9.17) is 4.42 Å². The molecule has 0 aliphatic carbocycles. The summed E-state index contributed by atoms with van der Waals surface area (Å²) in [5.74, 6) is 0.375. The van der Waals surface area contributed by atoms with E-state index in [0.717, 1.165) is 11.3 Å². The van der Waals surface area contributed by atoms with Crippen LogP contribution in [0.15, 0.2) is 76.2 Å². The van der Waals surface area contributed by atoms with Crippen molar-refractivity contribution in [3.63, 3.8) is 0 Å². The normalized spacial score (nSPS) is 12.5. The quantitative estimate of drug-likeness (QED) is 0.575. The molecule has 0 aliphatic rings. The van der Waals surface area contributed by atoms with Crippen LogP contribution in [0.1, 0.15) is 27.7 Å². The number of sulfonamides is 1. The Kier molecular flexibility index (Phi) is 6.59. The molecule has 0 bridgehead atoms. The molecule has 7 nitrogen and oxygen atoms in total. The van der Waals surface area contributed by atoms with Crippen LogP contribution in [0.25, 0.3) is 0 Å². The largest absolute Gasteiger partial charge is 0.468 e. The lowest BCUT2D eigenvalue weighted by Gasteiger charge is -2.22. The van der Waals surface area contributed by atoms with E-state index >= 15 is 0 Å². The third-order valence-corrected chi connectivity index (χ3v) is 6.04. The van der Waals surface area contributed by atoms with Gasteiger partial charge in [0.25, 0.3) is 15.9 Å². The summed E-state index contributed by atoms with van der Waals surface area (Å²) >= 11 is 0. The molecule has 0 saturated heterocycles. The first kappa shape index (κ1) is 21.6. The number of nitrogens with zero attached hydrogens (tertiary/aromatic N) is 1. The van der Waals surface area contributed by atoms with Crippen LogP contribution in [-0.2, 0) is 10.0 Å². The lowest BCUT2D eigenvalue weighted by Crippen LogP contribution is -2.34. The maximum atomic E-state index is 12.7. The zero-order valence-electron chi connectivity index (χ0n) is 17.1. The third kappa shape index (κ3) is 5.28. The molecule has 0 saturated carbocycles. The molecule has 30 heavy (non-hydrogen) atoms. The number of rotatable bonds is 8. The summed E-state index contributed by atoms with van der Waals surface area (Å²) < 4.78 is 33.4. The smallest absolute Gasteiger partial charge is 0.261 e. The van der Waals surface area contributed by atoms with E-state index in [0.29, 0.717) is 12.2 Å². The second-order valence-corrected chi connectivity index (χ2v) is 8.89. The Labute approximate surface area is 176 Å². The van der Waals surface area contributed by atoms with E-state index in [1.807, 2.05) is 44.1 Å². The number of furan rings is 1. The summed E-state index contributed by atoms with van der Waals surface area (Å²) in [7, 11) is -0.0313. The Balaban J connectivity index is 1.72. The van der Waals surface area contributed by atoms with Crippen LogP contribution in [-0.4, -0.2) is 39.9 Å². The second-order valence-electron chi connectivity index (χ2n) is 7.20. The topological polar surface area (TPSA) is 91.6 Å². The number of likely N-dealkylation sites (N-methyl/N-ethyl adjacent to an activating group) is 1. The summed E-state index contributed by atoms with van der Waals surface area (Å²) in [6, 6.07) is 16.5. The molecule has 0 aliphatic heterocycles. The van der Waals surface area contributed by atoms with Crippen molar-refractivity contribution in [2.75, 3.05) is 25.4 Å². The summed E-state index contributed by atoms with van der Waals surface area (Å²) in [5, 5.41) is 2.85. The Morgan fingerprint density at radius 2 is 1.80 bits per heavy atom. The van der Waals surface area contributed by atoms with E-state index in [2.05, 4.69) is 10.0 Å². The molecular weight excluding hydrogens is 402 g/mol. The lowest BCUT2D eigenvalue weighted by atomic mass is 10.2. The zero-order valence-corrected chi connectivity index (χ0v) is 17.9. The fraction of sp³-hybridized carbons (Fsp3) is 0.227. The van der Waals surface area contributed by atoms with Crippen LogP contribution >= 0.6 is 0 Å². The first-order valence-corrected chi connectivity index (χ1v) is 10.9. The number of carbonyl (C=O) groups is 1. The molecule has 3 aromatic rings. The average molecular weight is 428 g/mol. The highest BCUT2D eigenvalue weighted by molar-refractivity contribution is 7.92. The minimum absolute atomic E-state index is 0.0194. The number of anilines is 1. The van der Waals surface area contributed by atoms with E-state index in [1.54, 1.807) is 36.6 Å². The van der Waals surface area contributed by atoms with Crippen molar-refractivity contribution < 1.29 is 17.6 Å². The van der Waals surface area contributed by atoms with Crippen molar-refractivity contribution in [1.82, 2.24) is 10.2 Å². The fourth-order valence-corrected chi connectivity index (χ4v) is 4.05. The van der Waals surface area contributed by atoms with E-state index in [9.17, 15) is 13.2 Å². The summed E-state index contributed by atoms with van der Waals surface area (Å²) in [6.45, 7) is 2.24. The molecule has 0 spiro atoms. The fourth-order valence-electron chi connectivity index (χ4n) is 2.95. The van der Waals surface area contributed by atoms with Crippen LogP contribution in [0, 0.1) is 6.92 Å². The van der Waals surface area contributed by atoms with Gasteiger partial charge in [-0.3, -0.25) is 14.4 Å². The van der Waals surface area contributed by atoms with Gasteiger partial charge in [-0.2, -0.15) is 0 Å². The number of aryl methyl sites for hydroxylation is 1. The predicted molar refractivity (Wildman–Crippen MR) is 116 cm³/mol. The molecule has 8 heteroatoms. The van der Waals surface area contributed by atoms with Gasteiger partial charge in [0, 0.05) is 17.8 Å².